The van der Waals surface area contributed by atoms with E-state index in [1.807, 2.05) is 0 Å². The first kappa shape index (κ1) is 20.5. The average Bonchev–Trinajstić information content (AvgIpc) is 3.40. The van der Waals surface area contributed by atoms with Crippen molar-refractivity contribution in [3.63, 3.8) is 0 Å². The SMILES string of the molecule is C=C(c1cnc(N)nc1)c1[nH]nc2nc(N3CCC4(CC3)Cc3ccccc3[C@H]4N)[nH]c(=O)c12. The predicted molar refractivity (Wildman–Crippen MR) is 130 cm³/mol. The number of rotatable bonds is 3. The lowest BCUT2D eigenvalue weighted by Gasteiger charge is -2.42. The Hall–Kier alpha value is -4.05. The second-order valence-corrected chi connectivity index (χ2v) is 9.20. The molecule has 1 fully saturated rings. The molecule has 4 heterocycles. The van der Waals surface area contributed by atoms with Crippen molar-refractivity contribution in [3.8, 4) is 0 Å². The molecule has 34 heavy (non-hydrogen) atoms. The second kappa shape index (κ2) is 7.49. The number of nitrogen functional groups attached to an aromatic ring is 1. The molecule has 0 bridgehead atoms. The Kier molecular flexibility index (Phi) is 4.53. The maximum atomic E-state index is 13.1. The van der Waals surface area contributed by atoms with E-state index < -0.39 is 0 Å². The summed E-state index contributed by atoms with van der Waals surface area (Å²) in [6, 6.07) is 8.51. The van der Waals surface area contributed by atoms with Crippen LogP contribution in [0.5, 0.6) is 0 Å². The summed E-state index contributed by atoms with van der Waals surface area (Å²) in [5, 5.41) is 7.53. The van der Waals surface area contributed by atoms with Crippen molar-refractivity contribution in [1.29, 1.82) is 0 Å². The predicted octanol–water partition coefficient (Wildman–Crippen LogP) is 1.92. The Morgan fingerprint density at radius 1 is 1.18 bits per heavy atom. The van der Waals surface area contributed by atoms with Crippen LogP contribution in [0.3, 0.4) is 0 Å². The Bertz CT molecular complexity index is 1460. The molecule has 172 valence electrons. The van der Waals surface area contributed by atoms with Crippen LogP contribution in [0.1, 0.15) is 41.3 Å². The van der Waals surface area contributed by atoms with Gasteiger partial charge in [-0.3, -0.25) is 14.9 Å². The molecule has 0 radical (unpaired) electrons. The van der Waals surface area contributed by atoms with Crippen molar-refractivity contribution in [2.75, 3.05) is 23.7 Å². The van der Waals surface area contributed by atoms with Crippen molar-refractivity contribution in [2.45, 2.75) is 25.3 Å². The minimum atomic E-state index is -0.272. The number of aromatic nitrogens is 6. The van der Waals surface area contributed by atoms with Crippen molar-refractivity contribution < 1.29 is 0 Å². The van der Waals surface area contributed by atoms with Crippen LogP contribution in [0, 0.1) is 5.41 Å². The Labute approximate surface area is 195 Å². The molecule has 10 heteroatoms. The molecule has 1 aliphatic heterocycles. The van der Waals surface area contributed by atoms with Gasteiger partial charge in [-0.1, -0.05) is 30.8 Å². The summed E-state index contributed by atoms with van der Waals surface area (Å²) in [7, 11) is 0. The van der Waals surface area contributed by atoms with E-state index in [1.54, 1.807) is 12.4 Å². The van der Waals surface area contributed by atoms with Gasteiger partial charge in [0.15, 0.2) is 5.65 Å². The van der Waals surface area contributed by atoms with E-state index in [0.717, 1.165) is 32.4 Å². The number of anilines is 2. The van der Waals surface area contributed by atoms with Crippen molar-refractivity contribution in [3.05, 3.63) is 76.0 Å². The Morgan fingerprint density at radius 2 is 1.91 bits per heavy atom. The molecule has 1 aliphatic carbocycles. The third kappa shape index (κ3) is 3.10. The molecule has 1 saturated heterocycles. The van der Waals surface area contributed by atoms with Crippen LogP contribution in [-0.2, 0) is 6.42 Å². The van der Waals surface area contributed by atoms with Crippen LogP contribution in [0.15, 0.2) is 48.0 Å². The van der Waals surface area contributed by atoms with Crippen molar-refractivity contribution in [1.82, 2.24) is 30.1 Å². The summed E-state index contributed by atoms with van der Waals surface area (Å²) >= 11 is 0. The van der Waals surface area contributed by atoms with Gasteiger partial charge in [0.2, 0.25) is 11.9 Å². The summed E-state index contributed by atoms with van der Waals surface area (Å²) in [6.07, 6.45) is 5.99. The van der Waals surface area contributed by atoms with E-state index >= 15 is 0 Å². The fraction of sp³-hybridized carbons (Fsp3) is 0.292. The fourth-order valence-corrected chi connectivity index (χ4v) is 5.40. The zero-order valence-electron chi connectivity index (χ0n) is 18.6. The third-order valence-corrected chi connectivity index (χ3v) is 7.38. The lowest BCUT2D eigenvalue weighted by Crippen LogP contribution is -2.45. The standard InChI is InChI=1S/C24H25N9O/c1-13(15-11-27-22(26)28-12-15)18-17-20(32-31-18)29-23(30-21(17)34)33-8-6-24(7-9-33)10-14-4-2-3-5-16(14)19(24)25/h2-5,11-12,19H,1,6-10,25H2,(H2,26,27,28)(H2,29,30,31,32,34)/t19-/m1/s1. The van der Waals surface area contributed by atoms with Gasteiger partial charge in [0.05, 0.1) is 5.69 Å². The van der Waals surface area contributed by atoms with Crippen molar-refractivity contribution in [2.24, 2.45) is 11.1 Å². The first-order valence-electron chi connectivity index (χ1n) is 11.3. The lowest BCUT2D eigenvalue weighted by molar-refractivity contribution is 0.187. The van der Waals surface area contributed by atoms with Crippen molar-refractivity contribution >= 4 is 28.5 Å². The van der Waals surface area contributed by atoms with Crippen LogP contribution in [0.25, 0.3) is 16.6 Å². The van der Waals surface area contributed by atoms with E-state index in [2.05, 4.69) is 65.9 Å². The van der Waals surface area contributed by atoms with E-state index in [1.165, 1.54) is 11.1 Å². The minimum absolute atomic E-state index is 0.0394. The highest BCUT2D eigenvalue weighted by Crippen LogP contribution is 2.50. The summed E-state index contributed by atoms with van der Waals surface area (Å²) in [5.41, 5.74) is 16.7. The van der Waals surface area contributed by atoms with Crippen LogP contribution in [-0.4, -0.2) is 43.2 Å². The van der Waals surface area contributed by atoms with Crippen LogP contribution < -0.4 is 21.9 Å². The first-order valence-corrected chi connectivity index (χ1v) is 11.3. The molecule has 0 saturated carbocycles. The van der Waals surface area contributed by atoms with Gasteiger partial charge < -0.3 is 16.4 Å². The lowest BCUT2D eigenvalue weighted by atomic mass is 9.73. The molecule has 0 amide bonds. The van der Waals surface area contributed by atoms with Crippen LogP contribution in [0.4, 0.5) is 11.9 Å². The molecular formula is C24H25N9O. The van der Waals surface area contributed by atoms with Gasteiger partial charge in [-0.2, -0.15) is 10.1 Å². The zero-order valence-corrected chi connectivity index (χ0v) is 18.6. The molecule has 3 aromatic heterocycles. The van der Waals surface area contributed by atoms with Gasteiger partial charge in [0.1, 0.15) is 5.39 Å². The van der Waals surface area contributed by atoms with Gasteiger partial charge in [0, 0.05) is 42.7 Å². The number of piperidine rings is 1. The molecule has 2 aliphatic rings. The molecule has 6 N–H and O–H groups in total. The fourth-order valence-electron chi connectivity index (χ4n) is 5.40. The number of aromatic amines is 2. The highest BCUT2D eigenvalue weighted by molar-refractivity contribution is 5.92. The highest BCUT2D eigenvalue weighted by atomic mass is 16.1. The number of H-pyrrole nitrogens is 2. The number of fused-ring (bicyclic) bond motifs is 2. The third-order valence-electron chi connectivity index (χ3n) is 7.38. The summed E-state index contributed by atoms with van der Waals surface area (Å²) in [4.78, 5) is 30.8. The van der Waals surface area contributed by atoms with Crippen LogP contribution in [0.2, 0.25) is 0 Å². The maximum Gasteiger partial charge on any atom is 0.264 e. The normalized spacial score (nSPS) is 19.0. The van der Waals surface area contributed by atoms with Gasteiger partial charge in [-0.05, 0) is 35.8 Å². The molecule has 6 rings (SSSR count). The summed E-state index contributed by atoms with van der Waals surface area (Å²) < 4.78 is 0. The summed E-state index contributed by atoms with van der Waals surface area (Å²) in [5.74, 6) is 0.692. The highest BCUT2D eigenvalue weighted by Gasteiger charge is 2.46. The maximum absolute atomic E-state index is 13.1. The molecule has 10 nitrogen and oxygen atoms in total. The molecular weight excluding hydrogens is 430 g/mol. The largest absolute Gasteiger partial charge is 0.368 e. The van der Waals surface area contributed by atoms with Gasteiger partial charge in [0.25, 0.3) is 5.56 Å². The van der Waals surface area contributed by atoms with Gasteiger partial charge in [-0.15, -0.1) is 0 Å². The molecule has 1 atom stereocenters. The number of hydrogen-bond donors (Lipinski definition) is 4. The van der Waals surface area contributed by atoms with E-state index in [0.29, 0.717) is 33.8 Å². The number of nitrogens with one attached hydrogen (secondary N) is 2. The molecule has 1 spiro atoms. The molecule has 4 aromatic rings. The number of hydrogen-bond acceptors (Lipinski definition) is 8. The average molecular weight is 456 g/mol. The topological polar surface area (TPSA) is 155 Å². The Morgan fingerprint density at radius 3 is 2.65 bits per heavy atom. The number of nitrogens with zero attached hydrogens (tertiary/aromatic N) is 5. The van der Waals surface area contributed by atoms with E-state index in [9.17, 15) is 4.79 Å². The van der Waals surface area contributed by atoms with Crippen LogP contribution >= 0.6 is 0 Å². The summed E-state index contributed by atoms with van der Waals surface area (Å²) in [6.45, 7) is 5.60. The quantitative estimate of drug-likeness (QED) is 0.365. The molecule has 0 unspecified atom stereocenters. The van der Waals surface area contributed by atoms with E-state index in [-0.39, 0.29) is 23.0 Å². The Balaban J connectivity index is 1.25. The number of nitrogens with two attached hydrogens (primary N) is 2. The molecule has 1 aromatic carbocycles. The smallest absolute Gasteiger partial charge is 0.264 e. The van der Waals surface area contributed by atoms with Gasteiger partial charge in [-0.25, -0.2) is 9.97 Å². The first-order chi connectivity index (χ1) is 16.4. The van der Waals surface area contributed by atoms with Gasteiger partial charge >= 0.3 is 0 Å². The number of benzene rings is 1. The van der Waals surface area contributed by atoms with E-state index in [4.69, 9.17) is 11.5 Å². The minimum Gasteiger partial charge on any atom is -0.368 e. The zero-order chi connectivity index (χ0) is 23.4. The monoisotopic (exact) mass is 455 g/mol. The second-order valence-electron chi connectivity index (χ2n) is 9.20.